The third kappa shape index (κ3) is 3.70. The van der Waals surface area contributed by atoms with Gasteiger partial charge >= 0.3 is 6.18 Å². The lowest BCUT2D eigenvalue weighted by Crippen LogP contribution is -2.17. The standard InChI is InChI=1S/C15H11F3INO2/c1-22-13-5-3-2-4-10(13)14(21)20-12-7-6-9(19)8-11(12)15(16,17)18/h2-8H,1H3,(H,20,21). The van der Waals surface area contributed by atoms with Crippen LogP contribution in [0.25, 0.3) is 0 Å². The van der Waals surface area contributed by atoms with Gasteiger partial charge in [0.15, 0.2) is 0 Å². The smallest absolute Gasteiger partial charge is 0.418 e. The summed E-state index contributed by atoms with van der Waals surface area (Å²) in [6.45, 7) is 0. The number of hydrogen-bond acceptors (Lipinski definition) is 2. The number of carbonyl (C=O) groups is 1. The van der Waals surface area contributed by atoms with Crippen LogP contribution in [0.2, 0.25) is 0 Å². The van der Waals surface area contributed by atoms with Crippen molar-refractivity contribution in [3.8, 4) is 5.75 Å². The predicted octanol–water partition coefficient (Wildman–Crippen LogP) is 4.57. The highest BCUT2D eigenvalue weighted by Gasteiger charge is 2.34. The molecule has 22 heavy (non-hydrogen) atoms. The van der Waals surface area contributed by atoms with Gasteiger partial charge in [0.1, 0.15) is 5.75 Å². The summed E-state index contributed by atoms with van der Waals surface area (Å²) in [6.07, 6.45) is -4.55. The summed E-state index contributed by atoms with van der Waals surface area (Å²) in [5.41, 5.74) is -1.01. The Morgan fingerprint density at radius 2 is 1.86 bits per heavy atom. The van der Waals surface area contributed by atoms with Crippen molar-refractivity contribution in [2.75, 3.05) is 12.4 Å². The number of halogens is 4. The van der Waals surface area contributed by atoms with E-state index in [9.17, 15) is 18.0 Å². The van der Waals surface area contributed by atoms with E-state index < -0.39 is 17.6 Å². The fraction of sp³-hybridized carbons (Fsp3) is 0.133. The number of benzene rings is 2. The Morgan fingerprint density at radius 1 is 1.18 bits per heavy atom. The quantitative estimate of drug-likeness (QED) is 0.738. The summed E-state index contributed by atoms with van der Waals surface area (Å²) in [5.74, 6) is -0.372. The molecule has 0 fully saturated rings. The molecular weight excluding hydrogens is 410 g/mol. The van der Waals surface area contributed by atoms with Crippen LogP contribution >= 0.6 is 22.6 Å². The van der Waals surface area contributed by atoms with Gasteiger partial charge in [-0.25, -0.2) is 0 Å². The number of ether oxygens (including phenoxy) is 1. The van der Waals surface area contributed by atoms with Crippen molar-refractivity contribution in [1.29, 1.82) is 0 Å². The minimum absolute atomic E-state index is 0.164. The molecule has 2 aromatic carbocycles. The topological polar surface area (TPSA) is 38.3 Å². The lowest BCUT2D eigenvalue weighted by Gasteiger charge is -2.15. The van der Waals surface area contributed by atoms with Gasteiger partial charge in [-0.05, 0) is 52.9 Å². The summed E-state index contributed by atoms with van der Waals surface area (Å²) in [6, 6.07) is 10.0. The summed E-state index contributed by atoms with van der Waals surface area (Å²) >= 11 is 1.79. The van der Waals surface area contributed by atoms with E-state index in [1.54, 1.807) is 40.8 Å². The number of carbonyl (C=O) groups excluding carboxylic acids is 1. The van der Waals surface area contributed by atoms with Crippen LogP contribution < -0.4 is 10.1 Å². The largest absolute Gasteiger partial charge is 0.496 e. The van der Waals surface area contributed by atoms with Crippen LogP contribution in [-0.2, 0) is 6.18 Å². The van der Waals surface area contributed by atoms with E-state index in [0.29, 0.717) is 9.32 Å². The zero-order valence-electron chi connectivity index (χ0n) is 11.4. The first-order chi connectivity index (χ1) is 10.3. The Bertz CT molecular complexity index is 701. The first-order valence-electron chi connectivity index (χ1n) is 6.14. The highest BCUT2D eigenvalue weighted by molar-refractivity contribution is 14.1. The molecule has 0 saturated heterocycles. The van der Waals surface area contributed by atoms with Crippen LogP contribution in [0.1, 0.15) is 15.9 Å². The molecule has 0 saturated carbocycles. The maximum absolute atomic E-state index is 13.0. The van der Waals surface area contributed by atoms with E-state index in [-0.39, 0.29) is 11.3 Å². The predicted molar refractivity (Wildman–Crippen MR) is 85.1 cm³/mol. The maximum atomic E-state index is 13.0. The number of methoxy groups -OCH3 is 1. The van der Waals surface area contributed by atoms with Crippen molar-refractivity contribution in [2.24, 2.45) is 0 Å². The van der Waals surface area contributed by atoms with E-state index in [2.05, 4.69) is 5.32 Å². The fourth-order valence-corrected chi connectivity index (χ4v) is 2.37. The van der Waals surface area contributed by atoms with Gasteiger partial charge in [-0.3, -0.25) is 4.79 Å². The number of amides is 1. The van der Waals surface area contributed by atoms with Gasteiger partial charge in [0.2, 0.25) is 0 Å². The summed E-state index contributed by atoms with van der Waals surface area (Å²) < 4.78 is 44.6. The van der Waals surface area contributed by atoms with Crippen molar-refractivity contribution in [2.45, 2.75) is 6.18 Å². The maximum Gasteiger partial charge on any atom is 0.418 e. The first-order valence-corrected chi connectivity index (χ1v) is 7.22. The second-order valence-corrected chi connectivity index (χ2v) is 5.59. The molecule has 0 bridgehead atoms. The van der Waals surface area contributed by atoms with Crippen LogP contribution in [0.5, 0.6) is 5.75 Å². The van der Waals surface area contributed by atoms with Crippen molar-refractivity contribution in [1.82, 2.24) is 0 Å². The molecule has 0 radical (unpaired) electrons. The van der Waals surface area contributed by atoms with E-state index in [0.717, 1.165) is 6.07 Å². The van der Waals surface area contributed by atoms with Gasteiger partial charge in [-0.1, -0.05) is 12.1 Å². The monoisotopic (exact) mass is 421 g/mol. The first kappa shape index (κ1) is 16.6. The van der Waals surface area contributed by atoms with Gasteiger partial charge < -0.3 is 10.1 Å². The SMILES string of the molecule is COc1ccccc1C(=O)Nc1ccc(I)cc1C(F)(F)F. The fourth-order valence-electron chi connectivity index (χ4n) is 1.88. The van der Waals surface area contributed by atoms with Crippen molar-refractivity contribution >= 4 is 34.2 Å². The Hall–Kier alpha value is -1.77. The van der Waals surface area contributed by atoms with Crippen LogP contribution in [-0.4, -0.2) is 13.0 Å². The second-order valence-electron chi connectivity index (χ2n) is 4.34. The molecule has 116 valence electrons. The van der Waals surface area contributed by atoms with Gasteiger partial charge in [-0.15, -0.1) is 0 Å². The highest BCUT2D eigenvalue weighted by atomic mass is 127. The molecule has 1 amide bonds. The third-order valence-electron chi connectivity index (χ3n) is 2.89. The molecule has 1 N–H and O–H groups in total. The van der Waals surface area contributed by atoms with E-state index in [1.807, 2.05) is 0 Å². The average molecular weight is 421 g/mol. The molecule has 3 nitrogen and oxygen atoms in total. The third-order valence-corrected chi connectivity index (χ3v) is 3.56. The molecule has 0 aliphatic carbocycles. The molecular formula is C15H11F3INO2. The van der Waals surface area contributed by atoms with Crippen LogP contribution in [0.15, 0.2) is 42.5 Å². The normalized spacial score (nSPS) is 11.1. The zero-order valence-corrected chi connectivity index (χ0v) is 13.5. The zero-order chi connectivity index (χ0) is 16.3. The number of para-hydroxylation sites is 1. The van der Waals surface area contributed by atoms with Crippen LogP contribution in [0.4, 0.5) is 18.9 Å². The van der Waals surface area contributed by atoms with Gasteiger partial charge in [0, 0.05) is 3.57 Å². The Labute approximate surface area is 138 Å². The molecule has 0 heterocycles. The van der Waals surface area contributed by atoms with Crippen molar-refractivity contribution in [3.63, 3.8) is 0 Å². The number of anilines is 1. The minimum atomic E-state index is -4.55. The van der Waals surface area contributed by atoms with Crippen LogP contribution in [0, 0.1) is 3.57 Å². The van der Waals surface area contributed by atoms with Gasteiger partial charge in [-0.2, -0.15) is 13.2 Å². The Kier molecular flexibility index (Phi) is 4.94. The summed E-state index contributed by atoms with van der Waals surface area (Å²) in [7, 11) is 1.39. The van der Waals surface area contributed by atoms with Crippen molar-refractivity contribution < 1.29 is 22.7 Å². The highest BCUT2D eigenvalue weighted by Crippen LogP contribution is 2.36. The Morgan fingerprint density at radius 3 is 2.50 bits per heavy atom. The molecule has 2 rings (SSSR count). The number of hydrogen-bond donors (Lipinski definition) is 1. The Balaban J connectivity index is 2.37. The second kappa shape index (κ2) is 6.55. The number of nitrogens with one attached hydrogen (secondary N) is 1. The molecule has 0 atom stereocenters. The minimum Gasteiger partial charge on any atom is -0.496 e. The molecule has 7 heteroatoms. The molecule has 0 aliphatic heterocycles. The molecule has 0 unspecified atom stereocenters. The molecule has 0 aliphatic rings. The molecule has 0 spiro atoms. The lowest BCUT2D eigenvalue weighted by atomic mass is 10.1. The average Bonchev–Trinajstić information content (AvgIpc) is 2.48. The van der Waals surface area contributed by atoms with E-state index in [1.165, 1.54) is 25.3 Å². The number of rotatable bonds is 3. The molecule has 0 aromatic heterocycles. The van der Waals surface area contributed by atoms with Crippen LogP contribution in [0.3, 0.4) is 0 Å². The summed E-state index contributed by atoms with van der Waals surface area (Å²) in [5, 5.41) is 2.29. The summed E-state index contributed by atoms with van der Waals surface area (Å²) in [4.78, 5) is 12.2. The molecule has 2 aromatic rings. The van der Waals surface area contributed by atoms with Gasteiger partial charge in [0.25, 0.3) is 5.91 Å². The van der Waals surface area contributed by atoms with Gasteiger partial charge in [0.05, 0.1) is 23.9 Å². The lowest BCUT2D eigenvalue weighted by molar-refractivity contribution is -0.137. The van der Waals surface area contributed by atoms with Crippen molar-refractivity contribution in [3.05, 3.63) is 57.2 Å². The van der Waals surface area contributed by atoms with E-state index in [4.69, 9.17) is 4.74 Å². The number of alkyl halides is 3. The van der Waals surface area contributed by atoms with E-state index >= 15 is 0 Å².